The van der Waals surface area contributed by atoms with Crippen molar-refractivity contribution in [3.63, 3.8) is 0 Å². The van der Waals surface area contributed by atoms with Crippen LogP contribution in [0.15, 0.2) is 27.5 Å². The highest BCUT2D eigenvalue weighted by atomic mass is 16.5. The fourth-order valence-corrected chi connectivity index (χ4v) is 1.30. The number of aromatic nitrogens is 3. The molecule has 0 spiro atoms. The van der Waals surface area contributed by atoms with Gasteiger partial charge in [-0.3, -0.25) is 4.79 Å². The molecular formula is C10H12N4O2. The van der Waals surface area contributed by atoms with Crippen LogP contribution in [0.5, 0.6) is 0 Å². The minimum atomic E-state index is -0.195. The van der Waals surface area contributed by atoms with Gasteiger partial charge in [-0.1, -0.05) is 11.2 Å². The maximum absolute atomic E-state index is 11.1. The van der Waals surface area contributed by atoms with E-state index in [0.29, 0.717) is 30.4 Å². The van der Waals surface area contributed by atoms with E-state index in [9.17, 15) is 4.79 Å². The first kappa shape index (κ1) is 10.6. The van der Waals surface area contributed by atoms with E-state index in [-0.39, 0.29) is 5.56 Å². The number of hydrogen-bond donors (Lipinski definition) is 2. The van der Waals surface area contributed by atoms with E-state index in [1.165, 1.54) is 6.07 Å². The number of nitrogens with zero attached hydrogens (tertiary/aromatic N) is 2. The van der Waals surface area contributed by atoms with Crippen LogP contribution >= 0.6 is 0 Å². The Morgan fingerprint density at radius 3 is 3.06 bits per heavy atom. The first-order valence-electron chi connectivity index (χ1n) is 5.02. The Hall–Kier alpha value is -1.95. The molecule has 6 heteroatoms. The number of hydrogen-bond acceptors (Lipinski definition) is 5. The highest BCUT2D eigenvalue weighted by Crippen LogP contribution is 2.12. The molecule has 16 heavy (non-hydrogen) atoms. The standard InChI is InChI=1S/C10H12N4O2/c11-6-2-4-8-13-10(16-14-8)7-3-1-5-9(15)12-7/h1,3,5H,2,4,6,11H2,(H,12,15). The highest BCUT2D eigenvalue weighted by Gasteiger charge is 2.08. The molecular weight excluding hydrogens is 208 g/mol. The average molecular weight is 220 g/mol. The first-order chi connectivity index (χ1) is 7.79. The molecule has 2 aromatic rings. The molecule has 2 heterocycles. The predicted octanol–water partition coefficient (Wildman–Crippen LogP) is 0.316. The largest absolute Gasteiger partial charge is 0.332 e. The first-order valence-corrected chi connectivity index (χ1v) is 5.02. The monoisotopic (exact) mass is 220 g/mol. The lowest BCUT2D eigenvalue weighted by Crippen LogP contribution is -2.03. The van der Waals surface area contributed by atoms with E-state index in [2.05, 4.69) is 15.1 Å². The molecule has 0 amide bonds. The molecule has 0 aliphatic heterocycles. The van der Waals surface area contributed by atoms with Gasteiger partial charge in [-0.25, -0.2) is 0 Å². The Bertz CT molecular complexity index is 517. The van der Waals surface area contributed by atoms with Gasteiger partial charge in [0, 0.05) is 12.5 Å². The molecule has 84 valence electrons. The zero-order valence-corrected chi connectivity index (χ0v) is 8.64. The van der Waals surface area contributed by atoms with Crippen molar-refractivity contribution in [1.29, 1.82) is 0 Å². The molecule has 6 nitrogen and oxygen atoms in total. The summed E-state index contributed by atoms with van der Waals surface area (Å²) in [4.78, 5) is 17.9. The summed E-state index contributed by atoms with van der Waals surface area (Å²) < 4.78 is 5.03. The van der Waals surface area contributed by atoms with Crippen LogP contribution in [0.1, 0.15) is 12.2 Å². The topological polar surface area (TPSA) is 97.8 Å². The van der Waals surface area contributed by atoms with Crippen LogP contribution in [0, 0.1) is 0 Å². The maximum Gasteiger partial charge on any atom is 0.274 e. The summed E-state index contributed by atoms with van der Waals surface area (Å²) in [6, 6.07) is 4.77. The van der Waals surface area contributed by atoms with Gasteiger partial charge in [0.15, 0.2) is 5.82 Å². The Kier molecular flexibility index (Phi) is 3.11. The molecule has 2 aromatic heterocycles. The molecule has 0 aromatic carbocycles. The van der Waals surface area contributed by atoms with E-state index in [4.69, 9.17) is 10.3 Å². The molecule has 0 unspecified atom stereocenters. The van der Waals surface area contributed by atoms with Crippen molar-refractivity contribution >= 4 is 0 Å². The van der Waals surface area contributed by atoms with Crippen molar-refractivity contribution in [3.05, 3.63) is 34.4 Å². The van der Waals surface area contributed by atoms with Gasteiger partial charge in [0.25, 0.3) is 5.89 Å². The second-order valence-corrected chi connectivity index (χ2v) is 3.34. The van der Waals surface area contributed by atoms with Gasteiger partial charge >= 0.3 is 0 Å². The van der Waals surface area contributed by atoms with Crippen molar-refractivity contribution in [2.75, 3.05) is 6.54 Å². The van der Waals surface area contributed by atoms with Crippen LogP contribution < -0.4 is 11.3 Å². The van der Waals surface area contributed by atoms with Crippen LogP contribution in [-0.4, -0.2) is 21.7 Å². The second kappa shape index (κ2) is 4.71. The van der Waals surface area contributed by atoms with Gasteiger partial charge in [0.1, 0.15) is 5.69 Å². The molecule has 2 rings (SSSR count). The van der Waals surface area contributed by atoms with Crippen molar-refractivity contribution in [2.24, 2.45) is 5.73 Å². The summed E-state index contributed by atoms with van der Waals surface area (Å²) in [6.07, 6.45) is 1.49. The van der Waals surface area contributed by atoms with Gasteiger partial charge in [0.2, 0.25) is 5.56 Å². The molecule has 0 radical (unpaired) electrons. The third-order valence-corrected chi connectivity index (χ3v) is 2.07. The van der Waals surface area contributed by atoms with Crippen molar-refractivity contribution in [2.45, 2.75) is 12.8 Å². The van der Waals surface area contributed by atoms with E-state index >= 15 is 0 Å². The van der Waals surface area contributed by atoms with Gasteiger partial charge < -0.3 is 15.2 Å². The number of nitrogens with two attached hydrogens (primary N) is 1. The minimum Gasteiger partial charge on any atom is -0.332 e. The lowest BCUT2D eigenvalue weighted by molar-refractivity contribution is 0.420. The molecule has 0 atom stereocenters. The summed E-state index contributed by atoms with van der Waals surface area (Å²) in [6.45, 7) is 0.589. The number of aryl methyl sites for hydroxylation is 1. The normalized spacial score (nSPS) is 10.6. The van der Waals surface area contributed by atoms with Gasteiger partial charge in [-0.15, -0.1) is 0 Å². The number of nitrogens with one attached hydrogen (secondary N) is 1. The van der Waals surface area contributed by atoms with Crippen molar-refractivity contribution < 1.29 is 4.52 Å². The molecule has 0 aliphatic rings. The number of H-pyrrole nitrogens is 1. The fraction of sp³-hybridized carbons (Fsp3) is 0.300. The molecule has 0 saturated carbocycles. The zero-order chi connectivity index (χ0) is 11.4. The highest BCUT2D eigenvalue weighted by molar-refractivity contribution is 5.45. The molecule has 0 aliphatic carbocycles. The van der Waals surface area contributed by atoms with E-state index in [0.717, 1.165) is 6.42 Å². The molecule has 0 fully saturated rings. The third kappa shape index (κ3) is 2.34. The Labute approximate surface area is 91.5 Å². The Morgan fingerprint density at radius 2 is 2.31 bits per heavy atom. The fourth-order valence-electron chi connectivity index (χ4n) is 1.30. The summed E-state index contributed by atoms with van der Waals surface area (Å²) in [7, 11) is 0. The second-order valence-electron chi connectivity index (χ2n) is 3.34. The van der Waals surface area contributed by atoms with Crippen LogP contribution in [0.2, 0.25) is 0 Å². The minimum absolute atomic E-state index is 0.195. The van der Waals surface area contributed by atoms with Crippen molar-refractivity contribution in [1.82, 2.24) is 15.1 Å². The molecule has 0 bridgehead atoms. The van der Waals surface area contributed by atoms with E-state index in [1.807, 2.05) is 0 Å². The predicted molar refractivity (Wildman–Crippen MR) is 57.7 cm³/mol. The Morgan fingerprint density at radius 1 is 1.44 bits per heavy atom. The maximum atomic E-state index is 11.1. The van der Waals surface area contributed by atoms with Crippen LogP contribution in [0.25, 0.3) is 11.6 Å². The summed E-state index contributed by atoms with van der Waals surface area (Å²) >= 11 is 0. The molecule has 3 N–H and O–H groups in total. The smallest absolute Gasteiger partial charge is 0.274 e. The van der Waals surface area contributed by atoms with Crippen LogP contribution in [0.4, 0.5) is 0 Å². The third-order valence-electron chi connectivity index (χ3n) is 2.07. The van der Waals surface area contributed by atoms with E-state index < -0.39 is 0 Å². The summed E-state index contributed by atoms with van der Waals surface area (Å²) in [5.74, 6) is 0.926. The van der Waals surface area contributed by atoms with Gasteiger partial charge in [-0.2, -0.15) is 4.98 Å². The Balaban J connectivity index is 2.21. The number of pyridine rings is 1. The molecule has 0 saturated heterocycles. The summed E-state index contributed by atoms with van der Waals surface area (Å²) in [5, 5.41) is 3.80. The summed E-state index contributed by atoms with van der Waals surface area (Å²) in [5.41, 5.74) is 5.71. The van der Waals surface area contributed by atoms with Crippen molar-refractivity contribution in [3.8, 4) is 11.6 Å². The lowest BCUT2D eigenvalue weighted by Gasteiger charge is -1.91. The zero-order valence-electron chi connectivity index (χ0n) is 8.64. The van der Waals surface area contributed by atoms with Crippen LogP contribution in [0.3, 0.4) is 0 Å². The number of rotatable bonds is 4. The lowest BCUT2D eigenvalue weighted by atomic mass is 10.3. The average Bonchev–Trinajstić information content (AvgIpc) is 2.75. The van der Waals surface area contributed by atoms with Gasteiger partial charge in [0.05, 0.1) is 0 Å². The van der Waals surface area contributed by atoms with Gasteiger partial charge in [-0.05, 0) is 19.0 Å². The van der Waals surface area contributed by atoms with E-state index in [1.54, 1.807) is 12.1 Å². The van der Waals surface area contributed by atoms with Crippen LogP contribution in [-0.2, 0) is 6.42 Å². The quantitative estimate of drug-likeness (QED) is 0.773. The number of aromatic amines is 1. The SMILES string of the molecule is NCCCc1noc(-c2cccc(=O)[nH]2)n1.